The molecule has 22 heavy (non-hydrogen) atoms. The molecule has 0 radical (unpaired) electrons. The van der Waals surface area contributed by atoms with E-state index in [0.29, 0.717) is 6.10 Å². The van der Waals surface area contributed by atoms with Crippen LogP contribution in [-0.4, -0.2) is 30.1 Å². The summed E-state index contributed by atoms with van der Waals surface area (Å²) in [4.78, 5) is 2.69. The molecule has 1 saturated carbocycles. The summed E-state index contributed by atoms with van der Waals surface area (Å²) in [6, 6.07) is 10.9. The fourth-order valence-corrected chi connectivity index (χ4v) is 5.02. The molecule has 1 aromatic carbocycles. The van der Waals surface area contributed by atoms with Crippen molar-refractivity contribution in [2.24, 2.45) is 5.92 Å². The van der Waals surface area contributed by atoms with Crippen LogP contribution in [0.2, 0.25) is 0 Å². The van der Waals surface area contributed by atoms with Gasteiger partial charge in [-0.15, -0.1) is 0 Å². The van der Waals surface area contributed by atoms with Gasteiger partial charge in [-0.3, -0.25) is 0 Å². The highest BCUT2D eigenvalue weighted by molar-refractivity contribution is 5.18. The van der Waals surface area contributed by atoms with Crippen LogP contribution in [0.3, 0.4) is 0 Å². The normalized spacial score (nSPS) is 36.2. The predicted molar refractivity (Wildman–Crippen MR) is 89.9 cm³/mol. The van der Waals surface area contributed by atoms with Crippen molar-refractivity contribution in [1.82, 2.24) is 4.90 Å². The minimum atomic E-state index is 0.182. The quantitative estimate of drug-likeness (QED) is 0.811. The lowest BCUT2D eigenvalue weighted by Gasteiger charge is -2.44. The summed E-state index contributed by atoms with van der Waals surface area (Å²) < 4.78 is 6.82. The Hall–Kier alpha value is -0.860. The summed E-state index contributed by atoms with van der Waals surface area (Å²) >= 11 is 0. The first-order chi connectivity index (χ1) is 10.9. The molecule has 2 nitrogen and oxygen atoms in total. The first-order valence-electron chi connectivity index (χ1n) is 9.31. The van der Waals surface area contributed by atoms with Gasteiger partial charge in [-0.2, -0.15) is 0 Å². The standard InChI is InChI=1S/C20H29NO/c1-2-8-17(9-3-1)19-11-7-13-20(22-19)12-6-10-18(20)16-21-14-4-5-15-21/h1-3,8-9,18-19H,4-7,10-16H2. The Morgan fingerprint density at radius 3 is 2.45 bits per heavy atom. The number of nitrogens with zero attached hydrogens (tertiary/aromatic N) is 1. The van der Waals surface area contributed by atoms with E-state index in [9.17, 15) is 0 Å². The zero-order chi connectivity index (χ0) is 14.8. The maximum absolute atomic E-state index is 6.82. The zero-order valence-corrected chi connectivity index (χ0v) is 13.7. The fraction of sp³-hybridized carbons (Fsp3) is 0.700. The van der Waals surface area contributed by atoms with Gasteiger partial charge < -0.3 is 9.64 Å². The molecule has 2 heterocycles. The summed E-state index contributed by atoms with van der Waals surface area (Å²) in [7, 11) is 0. The Labute approximate surface area is 134 Å². The smallest absolute Gasteiger partial charge is 0.0832 e. The molecule has 3 atom stereocenters. The second kappa shape index (κ2) is 6.33. The van der Waals surface area contributed by atoms with Gasteiger partial charge in [0.2, 0.25) is 0 Å². The maximum atomic E-state index is 6.82. The van der Waals surface area contributed by atoms with E-state index in [4.69, 9.17) is 4.74 Å². The average molecular weight is 299 g/mol. The van der Waals surface area contributed by atoms with Crippen molar-refractivity contribution in [3.63, 3.8) is 0 Å². The minimum absolute atomic E-state index is 0.182. The number of hydrogen-bond acceptors (Lipinski definition) is 2. The van der Waals surface area contributed by atoms with Gasteiger partial charge in [0.05, 0.1) is 11.7 Å². The van der Waals surface area contributed by atoms with Crippen LogP contribution in [0.1, 0.15) is 63.0 Å². The number of hydrogen-bond donors (Lipinski definition) is 0. The lowest BCUT2D eigenvalue weighted by atomic mass is 9.81. The van der Waals surface area contributed by atoms with Gasteiger partial charge >= 0.3 is 0 Å². The van der Waals surface area contributed by atoms with E-state index in [1.807, 2.05) is 0 Å². The molecule has 1 aromatic rings. The van der Waals surface area contributed by atoms with E-state index in [0.717, 1.165) is 5.92 Å². The molecular weight excluding hydrogens is 270 g/mol. The highest BCUT2D eigenvalue weighted by atomic mass is 16.5. The number of likely N-dealkylation sites (tertiary alicyclic amines) is 1. The lowest BCUT2D eigenvalue weighted by Crippen LogP contribution is -2.45. The molecule has 1 spiro atoms. The highest BCUT2D eigenvalue weighted by Gasteiger charge is 2.47. The molecule has 120 valence electrons. The monoisotopic (exact) mass is 299 g/mol. The lowest BCUT2D eigenvalue weighted by molar-refractivity contribution is -0.153. The Bertz CT molecular complexity index is 482. The van der Waals surface area contributed by atoms with E-state index in [2.05, 4.69) is 35.2 Å². The van der Waals surface area contributed by atoms with Crippen molar-refractivity contribution in [2.45, 2.75) is 63.1 Å². The molecule has 0 N–H and O–H groups in total. The van der Waals surface area contributed by atoms with Crippen molar-refractivity contribution in [3.05, 3.63) is 35.9 Å². The van der Waals surface area contributed by atoms with Crippen LogP contribution in [0.5, 0.6) is 0 Å². The van der Waals surface area contributed by atoms with Crippen LogP contribution in [-0.2, 0) is 4.74 Å². The summed E-state index contributed by atoms with van der Waals surface area (Å²) in [5, 5.41) is 0. The number of benzene rings is 1. The third-order valence-corrected chi connectivity index (χ3v) is 6.19. The number of rotatable bonds is 3. The first-order valence-corrected chi connectivity index (χ1v) is 9.31. The Balaban J connectivity index is 1.49. The number of ether oxygens (including phenoxy) is 1. The average Bonchev–Trinajstić information content (AvgIpc) is 3.20. The van der Waals surface area contributed by atoms with Crippen molar-refractivity contribution >= 4 is 0 Å². The molecule has 0 bridgehead atoms. The van der Waals surface area contributed by atoms with Gasteiger partial charge in [0.15, 0.2) is 0 Å². The van der Waals surface area contributed by atoms with Gasteiger partial charge in [-0.1, -0.05) is 36.8 Å². The molecule has 2 heteroatoms. The zero-order valence-electron chi connectivity index (χ0n) is 13.7. The van der Waals surface area contributed by atoms with Crippen LogP contribution in [0.25, 0.3) is 0 Å². The highest BCUT2D eigenvalue weighted by Crippen LogP contribution is 2.49. The molecule has 2 saturated heterocycles. The van der Waals surface area contributed by atoms with Gasteiger partial charge in [0.1, 0.15) is 0 Å². The van der Waals surface area contributed by atoms with Crippen molar-refractivity contribution in [3.8, 4) is 0 Å². The second-order valence-electron chi connectivity index (χ2n) is 7.57. The van der Waals surface area contributed by atoms with Crippen LogP contribution in [0.15, 0.2) is 30.3 Å². The third-order valence-electron chi connectivity index (χ3n) is 6.19. The van der Waals surface area contributed by atoms with Crippen molar-refractivity contribution in [1.29, 1.82) is 0 Å². The predicted octanol–water partition coefficient (Wildman–Crippen LogP) is 4.56. The molecule has 0 aromatic heterocycles. The van der Waals surface area contributed by atoms with Crippen LogP contribution >= 0.6 is 0 Å². The summed E-state index contributed by atoms with van der Waals surface area (Å²) in [6.45, 7) is 3.91. The van der Waals surface area contributed by atoms with E-state index in [-0.39, 0.29) is 5.60 Å². The largest absolute Gasteiger partial charge is 0.367 e. The fourth-order valence-electron chi connectivity index (χ4n) is 5.02. The topological polar surface area (TPSA) is 12.5 Å². The molecule has 0 amide bonds. The van der Waals surface area contributed by atoms with E-state index in [1.165, 1.54) is 76.6 Å². The Kier molecular flexibility index (Phi) is 4.23. The molecule has 3 aliphatic rings. The molecule has 2 aliphatic heterocycles. The van der Waals surface area contributed by atoms with Gasteiger partial charge in [0.25, 0.3) is 0 Å². The van der Waals surface area contributed by atoms with Crippen LogP contribution in [0.4, 0.5) is 0 Å². The molecule has 1 aliphatic carbocycles. The first kappa shape index (κ1) is 14.7. The molecule has 3 unspecified atom stereocenters. The molecule has 3 fully saturated rings. The van der Waals surface area contributed by atoms with Crippen LogP contribution in [0, 0.1) is 5.92 Å². The van der Waals surface area contributed by atoms with Crippen molar-refractivity contribution < 1.29 is 4.74 Å². The van der Waals surface area contributed by atoms with E-state index >= 15 is 0 Å². The Morgan fingerprint density at radius 2 is 1.68 bits per heavy atom. The van der Waals surface area contributed by atoms with E-state index < -0.39 is 0 Å². The molecule has 4 rings (SSSR count). The summed E-state index contributed by atoms with van der Waals surface area (Å²) in [5.41, 5.74) is 1.56. The maximum Gasteiger partial charge on any atom is 0.0832 e. The third kappa shape index (κ3) is 2.83. The van der Waals surface area contributed by atoms with Gasteiger partial charge in [0, 0.05) is 12.5 Å². The van der Waals surface area contributed by atoms with Gasteiger partial charge in [-0.05, 0) is 63.6 Å². The minimum Gasteiger partial charge on any atom is -0.367 e. The Morgan fingerprint density at radius 1 is 0.955 bits per heavy atom. The molecular formula is C20H29NO. The summed E-state index contributed by atoms with van der Waals surface area (Å²) in [5.74, 6) is 0.761. The summed E-state index contributed by atoms with van der Waals surface area (Å²) in [6.07, 6.45) is 11.0. The van der Waals surface area contributed by atoms with Gasteiger partial charge in [-0.25, -0.2) is 0 Å². The SMILES string of the molecule is c1ccc(C2CCCC3(CCCC3CN3CCCC3)O2)cc1. The van der Waals surface area contributed by atoms with Crippen molar-refractivity contribution in [2.75, 3.05) is 19.6 Å². The van der Waals surface area contributed by atoms with E-state index in [1.54, 1.807) is 0 Å². The second-order valence-corrected chi connectivity index (χ2v) is 7.57. The van der Waals surface area contributed by atoms with Crippen LogP contribution < -0.4 is 0 Å².